The van der Waals surface area contributed by atoms with Gasteiger partial charge in [-0.2, -0.15) is 0 Å². The van der Waals surface area contributed by atoms with Crippen LogP contribution in [0.1, 0.15) is 46.1 Å². The van der Waals surface area contributed by atoms with Gasteiger partial charge in [-0.05, 0) is 0 Å². The van der Waals surface area contributed by atoms with E-state index in [2.05, 4.69) is 58.2 Å². The number of rotatable bonds is 10. The second-order valence-corrected chi connectivity index (χ2v) is 13.2. The van der Waals surface area contributed by atoms with Gasteiger partial charge >= 0.3 is 236 Å². The van der Waals surface area contributed by atoms with Crippen LogP contribution >= 0.6 is 11.3 Å². The van der Waals surface area contributed by atoms with Crippen molar-refractivity contribution in [1.29, 1.82) is 0 Å². The molecule has 37 heavy (non-hydrogen) atoms. The monoisotopic (exact) mass is 632 g/mol. The summed E-state index contributed by atoms with van der Waals surface area (Å²) in [6.45, 7) is 8.54. The summed E-state index contributed by atoms with van der Waals surface area (Å²) in [7, 11) is 0. The van der Waals surface area contributed by atoms with E-state index in [0.717, 1.165) is 29.0 Å². The van der Waals surface area contributed by atoms with Gasteiger partial charge < -0.3 is 0 Å². The van der Waals surface area contributed by atoms with Crippen LogP contribution in [0.5, 0.6) is 5.75 Å². The number of hydrogen-bond acceptors (Lipinski definition) is 5. The average Bonchev–Trinajstić information content (AvgIpc) is 3.53. The molecule has 198 valence electrons. The SMILES string of the molecule is CCCCc1ccc2c(c1)c1cc([I-]C)ccc1n2-c1csc(B2CC(C)C(C)(O)O2)c1OCOCC. The third-order valence-electron chi connectivity index (χ3n) is 7.47. The third kappa shape index (κ3) is 5.20. The number of aromatic nitrogens is 1. The van der Waals surface area contributed by atoms with Gasteiger partial charge in [-0.15, -0.1) is 0 Å². The molecule has 5 rings (SSSR count). The van der Waals surface area contributed by atoms with Crippen LogP contribution in [0.3, 0.4) is 0 Å². The maximum absolute atomic E-state index is 10.7. The molecule has 0 radical (unpaired) electrons. The van der Waals surface area contributed by atoms with Gasteiger partial charge in [-0.3, -0.25) is 0 Å². The zero-order valence-corrected chi connectivity index (χ0v) is 25.3. The van der Waals surface area contributed by atoms with Crippen LogP contribution in [0, 0.1) is 9.49 Å². The van der Waals surface area contributed by atoms with Gasteiger partial charge in [0.25, 0.3) is 0 Å². The van der Waals surface area contributed by atoms with Crippen molar-refractivity contribution in [3.63, 3.8) is 0 Å². The van der Waals surface area contributed by atoms with Crippen molar-refractivity contribution in [2.75, 3.05) is 18.3 Å². The van der Waals surface area contributed by atoms with E-state index in [1.54, 1.807) is 18.3 Å². The summed E-state index contributed by atoms with van der Waals surface area (Å²) in [5.41, 5.74) is 4.75. The molecule has 1 saturated heterocycles. The fourth-order valence-electron chi connectivity index (χ4n) is 5.17. The number of halogens is 1. The van der Waals surface area contributed by atoms with Crippen LogP contribution in [0.4, 0.5) is 0 Å². The van der Waals surface area contributed by atoms with Crippen molar-refractivity contribution >= 4 is 44.8 Å². The topological polar surface area (TPSA) is 52.9 Å². The molecule has 2 unspecified atom stereocenters. The molecule has 1 aliphatic heterocycles. The summed E-state index contributed by atoms with van der Waals surface area (Å²) in [5, 5.41) is 15.5. The third-order valence-corrected chi connectivity index (χ3v) is 10.4. The predicted molar refractivity (Wildman–Crippen MR) is 150 cm³/mol. The van der Waals surface area contributed by atoms with Gasteiger partial charge in [0.15, 0.2) is 0 Å². The Morgan fingerprint density at radius 1 is 1.19 bits per heavy atom. The molecule has 8 heteroatoms. The van der Waals surface area contributed by atoms with E-state index in [0.29, 0.717) is 6.61 Å². The Kier molecular flexibility index (Phi) is 8.22. The fraction of sp³-hybridized carbons (Fsp3) is 0.448. The molecule has 3 heterocycles. The quantitative estimate of drug-likeness (QED) is 0.0962. The summed E-state index contributed by atoms with van der Waals surface area (Å²) in [4.78, 5) is 2.31. The van der Waals surface area contributed by atoms with E-state index in [1.807, 2.05) is 13.8 Å². The molecule has 0 bridgehead atoms. The van der Waals surface area contributed by atoms with Gasteiger partial charge in [-0.25, -0.2) is 0 Å². The Morgan fingerprint density at radius 2 is 1.95 bits per heavy atom. The molecule has 1 fully saturated rings. The Hall–Kier alpha value is -1.59. The first-order chi connectivity index (χ1) is 17.9. The Balaban J connectivity index is 1.69. The summed E-state index contributed by atoms with van der Waals surface area (Å²) >= 11 is 1.63. The molecular formula is C29H36BINO4S-. The average molecular weight is 632 g/mol. The number of aliphatic hydroxyl groups is 1. The molecule has 1 N–H and O–H groups in total. The molecule has 1 aliphatic rings. The van der Waals surface area contributed by atoms with Crippen LogP contribution in [0.15, 0.2) is 41.8 Å². The van der Waals surface area contributed by atoms with Crippen molar-refractivity contribution in [2.24, 2.45) is 5.92 Å². The van der Waals surface area contributed by atoms with Gasteiger partial charge in [0.05, 0.1) is 0 Å². The van der Waals surface area contributed by atoms with E-state index in [4.69, 9.17) is 14.1 Å². The number of benzene rings is 2. The van der Waals surface area contributed by atoms with E-state index >= 15 is 0 Å². The van der Waals surface area contributed by atoms with Crippen molar-refractivity contribution in [3.05, 3.63) is 50.9 Å². The molecule has 0 aliphatic carbocycles. The van der Waals surface area contributed by atoms with E-state index in [-0.39, 0.29) is 40.8 Å². The van der Waals surface area contributed by atoms with Crippen molar-refractivity contribution in [1.82, 2.24) is 4.57 Å². The Morgan fingerprint density at radius 3 is 2.62 bits per heavy atom. The van der Waals surface area contributed by atoms with Crippen LogP contribution in [0.25, 0.3) is 27.5 Å². The van der Waals surface area contributed by atoms with Gasteiger partial charge in [0.2, 0.25) is 0 Å². The number of alkyl halides is 1. The number of aryl methyl sites for hydroxylation is 1. The second kappa shape index (κ2) is 11.3. The molecule has 0 amide bonds. The van der Waals surface area contributed by atoms with Crippen molar-refractivity contribution < 1.29 is 40.4 Å². The molecule has 0 spiro atoms. The summed E-state index contributed by atoms with van der Waals surface area (Å²) in [5.74, 6) is -0.324. The fourth-order valence-corrected chi connectivity index (χ4v) is 7.35. The number of thiophene rings is 1. The van der Waals surface area contributed by atoms with E-state index < -0.39 is 5.79 Å². The first-order valence-corrected chi connectivity index (χ1v) is 17.3. The maximum atomic E-state index is 10.7. The van der Waals surface area contributed by atoms with Crippen molar-refractivity contribution in [3.8, 4) is 11.4 Å². The molecule has 4 aromatic rings. The zero-order valence-electron chi connectivity index (χ0n) is 22.3. The minimum atomic E-state index is -1.15. The molecule has 2 atom stereocenters. The molecular weight excluding hydrogens is 596 g/mol. The Bertz CT molecular complexity index is 1400. The first kappa shape index (κ1) is 27.0. The second-order valence-electron chi connectivity index (χ2n) is 10.0. The first-order valence-electron chi connectivity index (χ1n) is 13.2. The predicted octanol–water partition coefficient (Wildman–Crippen LogP) is 3.02. The van der Waals surface area contributed by atoms with Crippen LogP contribution in [-0.4, -0.2) is 40.7 Å². The van der Waals surface area contributed by atoms with Gasteiger partial charge in [0, 0.05) is 0 Å². The van der Waals surface area contributed by atoms with Crippen molar-refractivity contribution in [2.45, 2.75) is 59.1 Å². The van der Waals surface area contributed by atoms with Gasteiger partial charge in [0.1, 0.15) is 0 Å². The number of ether oxygens (including phenoxy) is 2. The zero-order chi connectivity index (χ0) is 26.2. The standard InChI is InChI=1S/C29H36BINO4S/c1-6-8-9-20-10-12-24-22(14-20)23-15-21(31-5)11-13-25(23)32(24)26-17-37-28(27(26)35-18-34-7-2)30-16-19(3)29(4,33)36-30/h10-15,17,19,33H,6-9,16,18H2,1-5H3/q-1. The Labute approximate surface area is 234 Å². The van der Waals surface area contributed by atoms with E-state index in [9.17, 15) is 5.11 Å². The van der Waals surface area contributed by atoms with Crippen LogP contribution in [-0.2, 0) is 15.8 Å². The molecule has 5 nitrogen and oxygen atoms in total. The molecule has 2 aromatic heterocycles. The summed E-state index contributed by atoms with van der Waals surface area (Å²) < 4.78 is 22.8. The minimum absolute atomic E-state index is 0.00756. The summed E-state index contributed by atoms with van der Waals surface area (Å²) in [6.07, 6.45) is 4.23. The number of nitrogens with zero attached hydrogens (tertiary/aromatic N) is 1. The summed E-state index contributed by atoms with van der Waals surface area (Å²) in [6, 6.07) is 13.8. The number of unbranched alkanes of at least 4 members (excludes halogenated alkanes) is 1. The molecule has 0 saturated carbocycles. The van der Waals surface area contributed by atoms with Crippen LogP contribution in [0.2, 0.25) is 6.32 Å². The number of hydrogen-bond donors (Lipinski definition) is 1. The molecule has 2 aromatic carbocycles. The van der Waals surface area contributed by atoms with Crippen LogP contribution < -0.4 is 30.7 Å². The van der Waals surface area contributed by atoms with Gasteiger partial charge in [-0.1, -0.05) is 0 Å². The normalized spacial score (nSPS) is 20.1. The number of fused-ring (bicyclic) bond motifs is 3. The van der Waals surface area contributed by atoms with E-state index in [1.165, 1.54) is 43.8 Å².